The highest BCUT2D eigenvalue weighted by Crippen LogP contribution is 2.25. The lowest BCUT2D eigenvalue weighted by atomic mass is 9.87. The molecule has 0 amide bonds. The average Bonchev–Trinajstić information content (AvgIpc) is 2.66. The number of rotatable bonds is 4. The summed E-state index contributed by atoms with van der Waals surface area (Å²) in [4.78, 5) is 1.28. The van der Waals surface area contributed by atoms with Gasteiger partial charge in [0.05, 0.1) is 0 Å². The Balaban J connectivity index is 1.65. The van der Waals surface area contributed by atoms with E-state index in [-0.39, 0.29) is 18.5 Å². The van der Waals surface area contributed by atoms with Crippen LogP contribution in [0.15, 0.2) is 41.3 Å². The van der Waals surface area contributed by atoms with E-state index in [1.165, 1.54) is 5.56 Å². The first-order valence-corrected chi connectivity index (χ1v) is 10.9. The molecule has 0 radical (unpaired) electrons. The van der Waals surface area contributed by atoms with Gasteiger partial charge in [0.2, 0.25) is 10.0 Å². The molecule has 1 fully saturated rings. The summed E-state index contributed by atoms with van der Waals surface area (Å²) in [6, 6.07) is 9.74. The summed E-state index contributed by atoms with van der Waals surface area (Å²) in [5.41, 5.74) is 2.44. The summed E-state index contributed by atoms with van der Waals surface area (Å²) in [5.74, 6) is -4.86. The molecule has 8 heteroatoms. The molecule has 158 valence electrons. The van der Waals surface area contributed by atoms with Gasteiger partial charge in [-0.2, -0.15) is 4.31 Å². The first kappa shape index (κ1) is 21.8. The summed E-state index contributed by atoms with van der Waals surface area (Å²) in [5, 5.41) is 0. The van der Waals surface area contributed by atoms with Crippen molar-refractivity contribution >= 4 is 10.0 Å². The van der Waals surface area contributed by atoms with Gasteiger partial charge in [0.1, 0.15) is 4.90 Å². The van der Waals surface area contributed by atoms with Crippen molar-refractivity contribution in [3.63, 3.8) is 0 Å². The van der Waals surface area contributed by atoms with Crippen LogP contribution < -0.4 is 0 Å². The van der Waals surface area contributed by atoms with Gasteiger partial charge < -0.3 is 0 Å². The van der Waals surface area contributed by atoms with Gasteiger partial charge in [-0.25, -0.2) is 21.6 Å². The van der Waals surface area contributed by atoms with Crippen molar-refractivity contribution in [3.05, 3.63) is 65.0 Å². The summed E-state index contributed by atoms with van der Waals surface area (Å²) in [6.45, 7) is 8.36. The normalized spacial score (nSPS) is 16.9. The van der Waals surface area contributed by atoms with E-state index in [1.807, 2.05) is 0 Å². The third-order valence-electron chi connectivity index (χ3n) is 5.17. The van der Waals surface area contributed by atoms with Crippen molar-refractivity contribution in [2.24, 2.45) is 0 Å². The SMILES string of the molecule is CC(C)(C)c1ccc(CN2CCN(S(=O)(=O)c3ccc(F)c(F)c3F)CC2)cc1. The monoisotopic (exact) mass is 426 g/mol. The fraction of sp³-hybridized carbons (Fsp3) is 0.429. The molecule has 4 nitrogen and oxygen atoms in total. The highest BCUT2D eigenvalue weighted by Gasteiger charge is 2.32. The van der Waals surface area contributed by atoms with Gasteiger partial charge in [0.15, 0.2) is 17.5 Å². The van der Waals surface area contributed by atoms with Crippen molar-refractivity contribution in [2.45, 2.75) is 37.6 Å². The van der Waals surface area contributed by atoms with E-state index < -0.39 is 32.4 Å². The van der Waals surface area contributed by atoms with Crippen LogP contribution in [0, 0.1) is 17.5 Å². The van der Waals surface area contributed by atoms with Crippen LogP contribution in [0.4, 0.5) is 13.2 Å². The van der Waals surface area contributed by atoms with Crippen molar-refractivity contribution in [1.29, 1.82) is 0 Å². The summed E-state index contributed by atoms with van der Waals surface area (Å²) >= 11 is 0. The highest BCUT2D eigenvalue weighted by molar-refractivity contribution is 7.89. The Labute approximate surface area is 170 Å². The standard InChI is InChI=1S/C21H25F3N2O2S/c1-21(2,3)16-6-4-15(5-7-16)14-25-10-12-26(13-11-25)29(27,28)18-9-8-17(22)19(23)20(18)24/h4-9H,10-14H2,1-3H3. The second-order valence-electron chi connectivity index (χ2n) is 8.30. The number of benzene rings is 2. The van der Waals surface area contributed by atoms with Gasteiger partial charge in [-0.15, -0.1) is 0 Å². The molecule has 2 aromatic rings. The van der Waals surface area contributed by atoms with E-state index in [1.54, 1.807) is 0 Å². The minimum Gasteiger partial charge on any atom is -0.296 e. The van der Waals surface area contributed by atoms with Gasteiger partial charge in [-0.05, 0) is 28.7 Å². The molecule has 1 heterocycles. The second-order valence-corrected chi connectivity index (χ2v) is 10.2. The third-order valence-corrected chi connectivity index (χ3v) is 7.09. The number of nitrogens with zero attached hydrogens (tertiary/aromatic N) is 2. The van der Waals surface area contributed by atoms with Crippen molar-refractivity contribution < 1.29 is 21.6 Å². The molecule has 0 spiro atoms. The van der Waals surface area contributed by atoms with E-state index >= 15 is 0 Å². The molecule has 0 saturated carbocycles. The van der Waals surface area contributed by atoms with Gasteiger partial charge >= 0.3 is 0 Å². The lowest BCUT2D eigenvalue weighted by molar-refractivity contribution is 0.181. The van der Waals surface area contributed by atoms with Gasteiger partial charge in [-0.3, -0.25) is 4.90 Å². The zero-order valence-corrected chi connectivity index (χ0v) is 17.6. The molecular formula is C21H25F3N2O2S. The molecule has 1 aliphatic heterocycles. The molecule has 1 aliphatic rings. The Morgan fingerprint density at radius 1 is 0.862 bits per heavy atom. The number of sulfonamides is 1. The van der Waals surface area contributed by atoms with E-state index in [0.29, 0.717) is 25.7 Å². The minimum atomic E-state index is -4.23. The molecular weight excluding hydrogens is 401 g/mol. The Morgan fingerprint density at radius 3 is 2.00 bits per heavy atom. The molecule has 2 aromatic carbocycles. The van der Waals surface area contributed by atoms with Gasteiger partial charge in [-0.1, -0.05) is 45.0 Å². The summed E-state index contributed by atoms with van der Waals surface area (Å²) < 4.78 is 66.9. The topological polar surface area (TPSA) is 40.6 Å². The van der Waals surface area contributed by atoms with Gasteiger partial charge in [0.25, 0.3) is 0 Å². The van der Waals surface area contributed by atoms with Crippen LogP contribution in [0.3, 0.4) is 0 Å². The Kier molecular flexibility index (Phi) is 6.08. The van der Waals surface area contributed by atoms with Crippen LogP contribution in [0.5, 0.6) is 0 Å². The smallest absolute Gasteiger partial charge is 0.246 e. The number of hydrogen-bond donors (Lipinski definition) is 0. The maximum atomic E-state index is 14.0. The van der Waals surface area contributed by atoms with Crippen LogP contribution in [0.25, 0.3) is 0 Å². The van der Waals surface area contributed by atoms with E-state index in [2.05, 4.69) is 49.9 Å². The van der Waals surface area contributed by atoms with Crippen LogP contribution >= 0.6 is 0 Å². The molecule has 0 unspecified atom stereocenters. The fourth-order valence-corrected chi connectivity index (χ4v) is 4.82. The maximum Gasteiger partial charge on any atom is 0.246 e. The predicted octanol–water partition coefficient (Wildman–Crippen LogP) is 3.91. The quantitative estimate of drug-likeness (QED) is 0.696. The Hall–Kier alpha value is -1.90. The van der Waals surface area contributed by atoms with Crippen molar-refractivity contribution in [3.8, 4) is 0 Å². The second kappa shape index (κ2) is 8.08. The van der Waals surface area contributed by atoms with Crippen LogP contribution in [-0.2, 0) is 22.0 Å². The first-order valence-electron chi connectivity index (χ1n) is 9.45. The van der Waals surface area contributed by atoms with Crippen LogP contribution in [-0.4, -0.2) is 43.8 Å². The lowest BCUT2D eigenvalue weighted by Gasteiger charge is -2.34. The predicted molar refractivity (Wildman–Crippen MR) is 105 cm³/mol. The molecule has 0 atom stereocenters. The maximum absolute atomic E-state index is 14.0. The van der Waals surface area contributed by atoms with E-state index in [4.69, 9.17) is 0 Å². The molecule has 0 aromatic heterocycles. The Morgan fingerprint density at radius 2 is 1.45 bits per heavy atom. The largest absolute Gasteiger partial charge is 0.296 e. The highest BCUT2D eigenvalue weighted by atomic mass is 32.2. The fourth-order valence-electron chi connectivity index (χ4n) is 3.34. The van der Waals surface area contributed by atoms with Crippen molar-refractivity contribution in [1.82, 2.24) is 9.21 Å². The number of halogens is 3. The van der Waals surface area contributed by atoms with Crippen LogP contribution in [0.1, 0.15) is 31.9 Å². The molecule has 29 heavy (non-hydrogen) atoms. The van der Waals surface area contributed by atoms with Crippen molar-refractivity contribution in [2.75, 3.05) is 26.2 Å². The minimum absolute atomic E-state index is 0.0770. The van der Waals surface area contributed by atoms with E-state index in [0.717, 1.165) is 15.9 Å². The summed E-state index contributed by atoms with van der Waals surface area (Å²) in [6.07, 6.45) is 0. The van der Waals surface area contributed by atoms with Gasteiger partial charge in [0, 0.05) is 32.7 Å². The number of piperazine rings is 1. The molecule has 0 N–H and O–H groups in total. The van der Waals surface area contributed by atoms with Crippen LogP contribution in [0.2, 0.25) is 0 Å². The third kappa shape index (κ3) is 4.65. The van der Waals surface area contributed by atoms with E-state index in [9.17, 15) is 21.6 Å². The summed E-state index contributed by atoms with van der Waals surface area (Å²) in [7, 11) is -4.23. The molecule has 0 bridgehead atoms. The number of hydrogen-bond acceptors (Lipinski definition) is 3. The molecule has 0 aliphatic carbocycles. The zero-order valence-electron chi connectivity index (χ0n) is 16.8. The molecule has 1 saturated heterocycles. The molecule has 3 rings (SSSR count). The first-order chi connectivity index (χ1) is 13.5. The zero-order chi connectivity index (χ0) is 21.4. The lowest BCUT2D eigenvalue weighted by Crippen LogP contribution is -2.48. The Bertz CT molecular complexity index is 978. The average molecular weight is 427 g/mol.